The van der Waals surface area contributed by atoms with Gasteiger partial charge in [-0.1, -0.05) is 20.8 Å². The van der Waals surface area contributed by atoms with Crippen LogP contribution in [0.2, 0.25) is 0 Å². The molecule has 0 aliphatic carbocycles. The Morgan fingerprint density at radius 2 is 1.71 bits per heavy atom. The summed E-state index contributed by atoms with van der Waals surface area (Å²) >= 11 is 0. The molecule has 1 aliphatic rings. The van der Waals surface area contributed by atoms with Gasteiger partial charge in [0, 0.05) is 12.1 Å². The number of β-amino-alcohol motifs (C(OH)–C–C–N with tert-alkyl or cyclic N) is 1. The van der Waals surface area contributed by atoms with Crippen LogP contribution >= 0.6 is 0 Å². The Bertz CT molecular complexity index is 151. The minimum atomic E-state index is -0.127. The summed E-state index contributed by atoms with van der Waals surface area (Å²) in [4.78, 5) is 2.36. The Hall–Kier alpha value is -0.0800. The van der Waals surface area contributed by atoms with Crippen LogP contribution in [0.15, 0.2) is 0 Å². The highest BCUT2D eigenvalue weighted by Gasteiger charge is 2.30. The Kier molecular flexibility index (Phi) is 5.68. The lowest BCUT2D eigenvalue weighted by Gasteiger charge is -2.42. The molecule has 2 nitrogen and oxygen atoms in total. The summed E-state index contributed by atoms with van der Waals surface area (Å²) in [6.45, 7) is 14.7. The molecule has 1 rings (SSSR count). The van der Waals surface area contributed by atoms with Gasteiger partial charge in [0.15, 0.2) is 0 Å². The summed E-state index contributed by atoms with van der Waals surface area (Å²) in [5.41, 5.74) is 0.209. The van der Waals surface area contributed by atoms with Crippen molar-refractivity contribution < 1.29 is 5.11 Å². The van der Waals surface area contributed by atoms with E-state index in [0.29, 0.717) is 5.92 Å². The molecule has 86 valence electrons. The first-order chi connectivity index (χ1) is 6.41. The van der Waals surface area contributed by atoms with Crippen molar-refractivity contribution in [2.45, 2.75) is 59.6 Å². The van der Waals surface area contributed by atoms with Crippen LogP contribution in [0.5, 0.6) is 0 Å². The van der Waals surface area contributed by atoms with Crippen molar-refractivity contribution in [2.75, 3.05) is 13.1 Å². The molecule has 0 aromatic rings. The highest BCUT2D eigenvalue weighted by atomic mass is 16.3. The molecule has 0 aromatic heterocycles. The Balaban J connectivity index is 0.000000791. The van der Waals surface area contributed by atoms with Crippen molar-refractivity contribution >= 4 is 0 Å². The van der Waals surface area contributed by atoms with Crippen molar-refractivity contribution in [3.63, 3.8) is 0 Å². The molecule has 1 saturated heterocycles. The van der Waals surface area contributed by atoms with Gasteiger partial charge in [-0.05, 0) is 39.7 Å². The monoisotopic (exact) mass is 201 g/mol. The normalized spacial score (nSPS) is 29.4. The smallest absolute Gasteiger partial charge is 0.0693 e. The van der Waals surface area contributed by atoms with Crippen LogP contribution in [0.4, 0.5) is 0 Å². The highest BCUT2D eigenvalue weighted by molar-refractivity contribution is 4.84. The summed E-state index contributed by atoms with van der Waals surface area (Å²) in [6, 6.07) is 0. The molecule has 0 aromatic carbocycles. The molecule has 1 N–H and O–H groups in total. The Morgan fingerprint density at radius 1 is 1.21 bits per heavy atom. The molecule has 1 fully saturated rings. The van der Waals surface area contributed by atoms with E-state index in [2.05, 4.69) is 32.6 Å². The SMILES string of the molecule is CC.C[C@@H]1CCN(C(C)(C)C)C[C@@H]1O. The van der Waals surface area contributed by atoms with E-state index in [9.17, 15) is 5.11 Å². The van der Waals surface area contributed by atoms with Gasteiger partial charge in [0.25, 0.3) is 0 Å². The zero-order chi connectivity index (χ0) is 11.4. The number of hydrogen-bond donors (Lipinski definition) is 1. The predicted octanol–water partition coefficient (Wildman–Crippen LogP) is 2.51. The lowest BCUT2D eigenvalue weighted by Crippen LogP contribution is -2.51. The van der Waals surface area contributed by atoms with E-state index in [1.54, 1.807) is 0 Å². The van der Waals surface area contributed by atoms with Crippen LogP contribution in [0.1, 0.15) is 48.0 Å². The fraction of sp³-hybridized carbons (Fsp3) is 1.00. The van der Waals surface area contributed by atoms with E-state index in [0.717, 1.165) is 19.5 Å². The van der Waals surface area contributed by atoms with E-state index >= 15 is 0 Å². The van der Waals surface area contributed by atoms with Crippen molar-refractivity contribution in [2.24, 2.45) is 5.92 Å². The van der Waals surface area contributed by atoms with E-state index in [4.69, 9.17) is 0 Å². The van der Waals surface area contributed by atoms with Crippen molar-refractivity contribution in [3.8, 4) is 0 Å². The topological polar surface area (TPSA) is 23.5 Å². The van der Waals surface area contributed by atoms with Gasteiger partial charge >= 0.3 is 0 Å². The summed E-state index contributed by atoms with van der Waals surface area (Å²) < 4.78 is 0. The second kappa shape index (κ2) is 5.72. The maximum absolute atomic E-state index is 9.67. The van der Waals surface area contributed by atoms with Crippen LogP contribution < -0.4 is 0 Å². The largest absolute Gasteiger partial charge is 0.392 e. The standard InChI is InChI=1S/C10H21NO.C2H6/c1-8-5-6-11(7-9(8)12)10(2,3)4;1-2/h8-9,12H,5-7H2,1-4H3;1-2H3/t8-,9+;/m1./s1. The number of nitrogens with zero attached hydrogens (tertiary/aromatic N) is 1. The van der Waals surface area contributed by atoms with E-state index in [1.165, 1.54) is 0 Å². The molecule has 14 heavy (non-hydrogen) atoms. The first-order valence-corrected chi connectivity index (χ1v) is 5.84. The fourth-order valence-corrected chi connectivity index (χ4v) is 1.66. The summed E-state index contributed by atoms with van der Waals surface area (Å²) in [6.07, 6.45) is 0.997. The molecule has 1 heterocycles. The number of likely N-dealkylation sites (tertiary alicyclic amines) is 1. The molecule has 1 aliphatic heterocycles. The quantitative estimate of drug-likeness (QED) is 0.651. The van der Waals surface area contributed by atoms with Crippen LogP contribution in [-0.2, 0) is 0 Å². The van der Waals surface area contributed by atoms with Crippen molar-refractivity contribution in [1.82, 2.24) is 4.90 Å². The van der Waals surface area contributed by atoms with Crippen LogP contribution in [0.3, 0.4) is 0 Å². The highest BCUT2D eigenvalue weighted by Crippen LogP contribution is 2.23. The van der Waals surface area contributed by atoms with Gasteiger partial charge in [-0.3, -0.25) is 4.90 Å². The van der Waals surface area contributed by atoms with E-state index in [1.807, 2.05) is 13.8 Å². The third-order valence-electron chi connectivity index (χ3n) is 2.87. The summed E-state index contributed by atoms with van der Waals surface area (Å²) in [5, 5.41) is 9.67. The predicted molar refractivity (Wildman–Crippen MR) is 62.5 cm³/mol. The second-order valence-electron chi connectivity index (χ2n) is 4.95. The van der Waals surface area contributed by atoms with Gasteiger partial charge in [0.1, 0.15) is 0 Å². The third kappa shape index (κ3) is 3.97. The molecular weight excluding hydrogens is 174 g/mol. The van der Waals surface area contributed by atoms with Gasteiger partial charge in [0.2, 0.25) is 0 Å². The minimum absolute atomic E-state index is 0.127. The van der Waals surface area contributed by atoms with Gasteiger partial charge in [-0.15, -0.1) is 0 Å². The van der Waals surface area contributed by atoms with Gasteiger partial charge in [-0.2, -0.15) is 0 Å². The third-order valence-corrected chi connectivity index (χ3v) is 2.87. The lowest BCUT2D eigenvalue weighted by molar-refractivity contribution is -0.00914. The van der Waals surface area contributed by atoms with Crippen LogP contribution in [0.25, 0.3) is 0 Å². The molecule has 2 heteroatoms. The lowest BCUT2D eigenvalue weighted by atomic mass is 9.92. The maximum Gasteiger partial charge on any atom is 0.0693 e. The number of aliphatic hydroxyl groups excluding tert-OH is 1. The summed E-state index contributed by atoms with van der Waals surface area (Å²) in [7, 11) is 0. The first kappa shape index (κ1) is 13.9. The summed E-state index contributed by atoms with van der Waals surface area (Å²) in [5.74, 6) is 0.476. The van der Waals surface area contributed by atoms with Crippen LogP contribution in [-0.4, -0.2) is 34.7 Å². The molecule has 0 unspecified atom stereocenters. The average Bonchev–Trinajstić information content (AvgIpc) is 2.11. The Labute approximate surface area is 89.3 Å². The number of hydrogen-bond acceptors (Lipinski definition) is 2. The zero-order valence-corrected chi connectivity index (χ0v) is 10.7. The molecule has 0 saturated carbocycles. The molecular formula is C12H27NO. The minimum Gasteiger partial charge on any atom is -0.392 e. The Morgan fingerprint density at radius 3 is 2.07 bits per heavy atom. The molecule has 0 radical (unpaired) electrons. The van der Waals surface area contributed by atoms with Gasteiger partial charge < -0.3 is 5.11 Å². The first-order valence-electron chi connectivity index (χ1n) is 5.84. The molecule has 0 spiro atoms. The number of piperidine rings is 1. The average molecular weight is 201 g/mol. The van der Waals surface area contributed by atoms with Gasteiger partial charge in [0.05, 0.1) is 6.10 Å². The van der Waals surface area contributed by atoms with Crippen LogP contribution in [0, 0.1) is 5.92 Å². The molecule has 0 amide bonds. The second-order valence-corrected chi connectivity index (χ2v) is 4.95. The van der Waals surface area contributed by atoms with Crippen molar-refractivity contribution in [3.05, 3.63) is 0 Å². The van der Waals surface area contributed by atoms with E-state index < -0.39 is 0 Å². The molecule has 2 atom stereocenters. The van der Waals surface area contributed by atoms with Gasteiger partial charge in [-0.25, -0.2) is 0 Å². The fourth-order valence-electron chi connectivity index (χ4n) is 1.66. The number of aliphatic hydroxyl groups is 1. The van der Waals surface area contributed by atoms with Crippen molar-refractivity contribution in [1.29, 1.82) is 0 Å². The number of rotatable bonds is 0. The molecule has 0 bridgehead atoms. The van der Waals surface area contributed by atoms with E-state index in [-0.39, 0.29) is 11.6 Å². The maximum atomic E-state index is 9.67. The zero-order valence-electron chi connectivity index (χ0n) is 10.7.